The van der Waals surface area contributed by atoms with Crippen LogP contribution in [0.4, 0.5) is 0 Å². The molecular formula is C138H92N6. The number of hydrogen-bond acceptors (Lipinski definition) is 0. The number of para-hydroxylation sites is 8. The first-order valence-corrected chi connectivity index (χ1v) is 49.5. The van der Waals surface area contributed by atoms with E-state index in [0.29, 0.717) is 0 Å². The summed E-state index contributed by atoms with van der Waals surface area (Å²) in [6.07, 6.45) is 0. The first kappa shape index (κ1) is 84.2. The molecule has 0 bridgehead atoms. The minimum absolute atomic E-state index is 1.16. The Morgan fingerprint density at radius 3 is 0.569 bits per heavy atom. The van der Waals surface area contributed by atoms with Crippen molar-refractivity contribution in [2.75, 3.05) is 0 Å². The third-order valence-corrected chi connectivity index (χ3v) is 29.2. The maximum atomic E-state index is 2.42. The van der Waals surface area contributed by atoms with Crippen molar-refractivity contribution in [2.45, 2.75) is 0 Å². The predicted octanol–water partition coefficient (Wildman–Crippen LogP) is 37.0. The van der Waals surface area contributed by atoms with E-state index in [9.17, 15) is 0 Å². The summed E-state index contributed by atoms with van der Waals surface area (Å²) >= 11 is 0. The third kappa shape index (κ3) is 14.7. The standard InChI is InChI=1S/2C48H32N2.C42H28N2/c1-3-12-33(13-4-1)35-22-26-39(27-23-35)49-45-20-9-7-18-41(45)43-31-37(24-28-47(43)49)38-25-29-48-44(32-38)42-19-8-10-21-46(42)50(48)40-17-11-16-36(30-40)34-14-5-2-6-15-34;1-3-11-33(12-4-1)35-19-25-39(26-20-35)49-45-17-9-7-15-41(45)43-31-37(23-29-47(43)49)38-24-30-48-44(32-38)42-16-8-10-18-46(42)50(48)40-27-21-36(22-28-40)34-13-5-2-6-14-34;1-3-13-29(14-4-1)33-17-7-10-20-38(33)44-40-22-12-9-19-35(40)37-28-31(24-26-42(37)44)30-23-25-41-36(27-30)34-18-8-11-21-39(34)43(41)32-15-5-2-6-16-32/h2*1-32H;1-28H. The van der Waals surface area contributed by atoms with E-state index >= 15 is 0 Å². The average Bonchev–Trinajstić information content (AvgIpc) is 1.58. The molecule has 29 rings (SSSR count). The molecular weight excluding hydrogens is 1740 g/mol. The van der Waals surface area contributed by atoms with Gasteiger partial charge in [-0.2, -0.15) is 0 Å². The summed E-state index contributed by atoms with van der Waals surface area (Å²) in [4.78, 5) is 0. The molecule has 0 aliphatic heterocycles. The van der Waals surface area contributed by atoms with Crippen LogP contribution < -0.4 is 0 Å². The van der Waals surface area contributed by atoms with Crippen molar-refractivity contribution in [1.29, 1.82) is 0 Å². The number of hydrogen-bond donors (Lipinski definition) is 0. The molecule has 6 heteroatoms. The van der Waals surface area contributed by atoms with Gasteiger partial charge >= 0.3 is 0 Å². The molecule has 0 fully saturated rings. The van der Waals surface area contributed by atoms with Crippen molar-refractivity contribution in [3.05, 3.63) is 558 Å². The van der Waals surface area contributed by atoms with Gasteiger partial charge in [0.25, 0.3) is 0 Å². The lowest BCUT2D eigenvalue weighted by atomic mass is 10.0. The lowest BCUT2D eigenvalue weighted by molar-refractivity contribution is 1.18. The molecule has 674 valence electrons. The first-order chi connectivity index (χ1) is 71.4. The third-order valence-electron chi connectivity index (χ3n) is 29.2. The maximum absolute atomic E-state index is 2.42. The number of benzene rings is 23. The van der Waals surface area contributed by atoms with Crippen molar-refractivity contribution in [3.8, 4) is 123 Å². The van der Waals surface area contributed by atoms with E-state index in [4.69, 9.17) is 0 Å². The van der Waals surface area contributed by atoms with Gasteiger partial charge in [-0.25, -0.2) is 0 Å². The Kier molecular flexibility index (Phi) is 20.9. The topological polar surface area (TPSA) is 29.6 Å². The molecule has 0 aliphatic carbocycles. The van der Waals surface area contributed by atoms with Gasteiger partial charge in [-0.3, -0.25) is 0 Å². The quantitative estimate of drug-likeness (QED) is 0.104. The van der Waals surface area contributed by atoms with Gasteiger partial charge in [0.05, 0.1) is 71.9 Å². The van der Waals surface area contributed by atoms with Crippen LogP contribution >= 0.6 is 0 Å². The fraction of sp³-hybridized carbons (Fsp3) is 0. The molecule has 0 radical (unpaired) electrons. The van der Waals surface area contributed by atoms with Crippen molar-refractivity contribution < 1.29 is 0 Å². The van der Waals surface area contributed by atoms with Gasteiger partial charge in [0.15, 0.2) is 0 Å². The Bertz CT molecular complexity index is 9760. The van der Waals surface area contributed by atoms with Gasteiger partial charge in [0.1, 0.15) is 0 Å². The molecule has 6 aromatic heterocycles. The molecule has 0 saturated carbocycles. The second-order valence-electron chi connectivity index (χ2n) is 37.4. The number of fused-ring (bicyclic) bond motifs is 18. The van der Waals surface area contributed by atoms with Crippen LogP contribution in [-0.2, 0) is 0 Å². The zero-order valence-electron chi connectivity index (χ0n) is 78.8. The highest BCUT2D eigenvalue weighted by Gasteiger charge is 2.24. The average molecular weight is 1830 g/mol. The summed E-state index contributed by atoms with van der Waals surface area (Å²) in [7, 11) is 0. The first-order valence-electron chi connectivity index (χ1n) is 49.5. The van der Waals surface area contributed by atoms with E-state index in [0.717, 1.165) is 22.7 Å². The lowest BCUT2D eigenvalue weighted by Gasteiger charge is -2.14. The Hall–Kier alpha value is -19.1. The number of rotatable bonds is 14. The fourth-order valence-electron chi connectivity index (χ4n) is 22.4. The van der Waals surface area contributed by atoms with Crippen molar-refractivity contribution in [1.82, 2.24) is 27.4 Å². The summed E-state index contributed by atoms with van der Waals surface area (Å²) in [5.74, 6) is 0. The summed E-state index contributed by atoms with van der Waals surface area (Å²) in [6, 6.07) is 202. The SMILES string of the molecule is c1ccc(-c2ccc(-n3c4ccccc4c4cc(-c5ccc6c(c5)c5ccccc5n6-c5ccc(-c6ccccc6)cc5)ccc43)cc2)cc1.c1ccc(-c2ccc(-n3c4ccccc4c4cc(-c5ccc6c(c5)c5ccccc5n6-c5cccc(-c6ccccc6)c5)ccc43)cc2)cc1.c1ccc(-c2ccccc2-n2c3ccccc3c3cc(-c4ccc5c(c4)c4ccccc4n5-c4ccccc4)ccc32)cc1. The second kappa shape index (κ2) is 35.7. The maximum Gasteiger partial charge on any atom is 0.0541 e. The molecule has 0 atom stereocenters. The second-order valence-corrected chi connectivity index (χ2v) is 37.4. The Morgan fingerprint density at radius 1 is 0.0903 bits per heavy atom. The number of aromatic nitrogens is 6. The molecule has 0 aliphatic rings. The van der Waals surface area contributed by atoms with E-state index in [2.05, 4.69) is 586 Å². The van der Waals surface area contributed by atoms with Crippen molar-refractivity contribution in [2.24, 2.45) is 0 Å². The smallest absolute Gasteiger partial charge is 0.0541 e. The zero-order valence-corrected chi connectivity index (χ0v) is 78.8. The van der Waals surface area contributed by atoms with Gasteiger partial charge in [-0.05, 0) is 259 Å². The lowest BCUT2D eigenvalue weighted by Crippen LogP contribution is -1.97. The molecule has 29 aromatic rings. The van der Waals surface area contributed by atoms with Crippen LogP contribution in [0.3, 0.4) is 0 Å². The van der Waals surface area contributed by atoms with Crippen LogP contribution in [0, 0.1) is 0 Å². The highest BCUT2D eigenvalue weighted by molar-refractivity contribution is 6.17. The highest BCUT2D eigenvalue weighted by atomic mass is 15.0. The van der Waals surface area contributed by atoms with E-state index < -0.39 is 0 Å². The zero-order chi connectivity index (χ0) is 95.1. The summed E-state index contributed by atoms with van der Waals surface area (Å²) < 4.78 is 14.4. The van der Waals surface area contributed by atoms with Crippen LogP contribution in [0.1, 0.15) is 0 Å². The van der Waals surface area contributed by atoms with Gasteiger partial charge in [-0.1, -0.05) is 382 Å². The van der Waals surface area contributed by atoms with Crippen molar-refractivity contribution in [3.63, 3.8) is 0 Å². The Morgan fingerprint density at radius 2 is 0.271 bits per heavy atom. The monoisotopic (exact) mass is 1830 g/mol. The van der Waals surface area contributed by atoms with Crippen LogP contribution in [0.25, 0.3) is 254 Å². The Balaban J connectivity index is 0.000000108. The van der Waals surface area contributed by atoms with E-state index in [1.165, 1.54) is 231 Å². The van der Waals surface area contributed by atoms with Crippen LogP contribution in [0.5, 0.6) is 0 Å². The molecule has 0 saturated heterocycles. The van der Waals surface area contributed by atoms with Crippen LogP contribution in [0.2, 0.25) is 0 Å². The normalized spacial score (nSPS) is 11.6. The van der Waals surface area contributed by atoms with Gasteiger partial charge in [-0.15, -0.1) is 0 Å². The van der Waals surface area contributed by atoms with E-state index in [1.807, 2.05) is 0 Å². The fourth-order valence-corrected chi connectivity index (χ4v) is 22.4. The summed E-state index contributed by atoms with van der Waals surface area (Å²) in [5, 5.41) is 15.1. The largest absolute Gasteiger partial charge is 0.309 e. The van der Waals surface area contributed by atoms with Gasteiger partial charge < -0.3 is 27.4 Å². The minimum Gasteiger partial charge on any atom is -0.309 e. The summed E-state index contributed by atoms with van der Waals surface area (Å²) in [5.41, 5.74) is 41.1. The van der Waals surface area contributed by atoms with E-state index in [-0.39, 0.29) is 0 Å². The van der Waals surface area contributed by atoms with E-state index in [1.54, 1.807) is 0 Å². The summed E-state index contributed by atoms with van der Waals surface area (Å²) in [6.45, 7) is 0. The molecule has 6 heterocycles. The molecule has 0 unspecified atom stereocenters. The molecule has 6 nitrogen and oxygen atoms in total. The molecule has 144 heavy (non-hydrogen) atoms. The Labute approximate surface area is 833 Å². The highest BCUT2D eigenvalue weighted by Crippen LogP contribution is 2.46. The van der Waals surface area contributed by atoms with Crippen molar-refractivity contribution >= 4 is 131 Å². The molecule has 0 spiro atoms. The molecule has 23 aromatic carbocycles. The van der Waals surface area contributed by atoms with Crippen LogP contribution in [-0.4, -0.2) is 27.4 Å². The van der Waals surface area contributed by atoms with Gasteiger partial charge in [0, 0.05) is 98.6 Å². The predicted molar refractivity (Wildman–Crippen MR) is 609 cm³/mol. The minimum atomic E-state index is 1.16. The van der Waals surface area contributed by atoms with Gasteiger partial charge in [0.2, 0.25) is 0 Å². The van der Waals surface area contributed by atoms with Crippen LogP contribution in [0.15, 0.2) is 558 Å². The number of nitrogens with zero attached hydrogens (tertiary/aromatic N) is 6. The molecule has 0 amide bonds. The molecule has 0 N–H and O–H groups in total.